The number of nitrogens with one attached hydrogen (secondary N) is 2. The van der Waals surface area contributed by atoms with Crippen LogP contribution in [0.25, 0.3) is 22.5 Å². The Morgan fingerprint density at radius 2 is 1.97 bits per heavy atom. The molecule has 2 aliphatic rings. The first kappa shape index (κ1) is 26.1. The predicted molar refractivity (Wildman–Crippen MR) is 149 cm³/mol. The number of benzene rings is 1. The van der Waals surface area contributed by atoms with Crippen LogP contribution in [0.2, 0.25) is 0 Å². The molecule has 1 saturated heterocycles. The molecule has 0 bridgehead atoms. The van der Waals surface area contributed by atoms with Crippen molar-refractivity contribution >= 4 is 11.7 Å². The maximum absolute atomic E-state index is 7.86. The Morgan fingerprint density at radius 3 is 2.71 bits per heavy atom. The van der Waals surface area contributed by atoms with Gasteiger partial charge in [0.1, 0.15) is 35.8 Å². The fourth-order valence-corrected chi connectivity index (χ4v) is 5.12. The van der Waals surface area contributed by atoms with Gasteiger partial charge in [-0.3, -0.25) is 15.0 Å². The summed E-state index contributed by atoms with van der Waals surface area (Å²) in [6.07, 6.45) is 3.86. The van der Waals surface area contributed by atoms with Crippen molar-refractivity contribution in [3.63, 3.8) is 0 Å². The molecule has 2 N–H and O–H groups in total. The molecule has 10 heteroatoms. The zero-order valence-corrected chi connectivity index (χ0v) is 23.2. The van der Waals surface area contributed by atoms with E-state index in [4.69, 9.17) is 19.9 Å². The molecule has 0 amide bonds. The molecular formula is C28H38N8O2. The third-order valence-electron chi connectivity index (χ3n) is 6.97. The summed E-state index contributed by atoms with van der Waals surface area (Å²) in [5.41, 5.74) is 4.82. The highest BCUT2D eigenvalue weighted by Gasteiger charge is 2.29. The number of aliphatic imine (C=N–C) groups is 1. The third-order valence-corrected chi connectivity index (χ3v) is 6.97. The number of rotatable bonds is 5. The van der Waals surface area contributed by atoms with Crippen LogP contribution in [0, 0.1) is 5.41 Å². The number of hydrogen-bond donors (Lipinski definition) is 2. The number of imidazole rings is 1. The van der Waals surface area contributed by atoms with Gasteiger partial charge in [-0.15, -0.1) is 0 Å². The van der Waals surface area contributed by atoms with E-state index in [-0.39, 0.29) is 18.0 Å². The average Bonchev–Trinajstić information content (AvgIpc) is 3.42. The normalized spacial score (nSPS) is 18.2. The molecule has 0 spiro atoms. The fourth-order valence-electron chi connectivity index (χ4n) is 5.12. The number of aromatic nitrogens is 4. The summed E-state index contributed by atoms with van der Waals surface area (Å²) in [7, 11) is 1.98. The van der Waals surface area contributed by atoms with Crippen LogP contribution < -0.4 is 10.1 Å². The first-order valence-corrected chi connectivity index (χ1v) is 13.3. The second-order valence-electron chi connectivity index (χ2n) is 10.6. The molecule has 10 nitrogen and oxygen atoms in total. The molecule has 1 aromatic carbocycles. The van der Waals surface area contributed by atoms with Crippen LogP contribution in [0.3, 0.4) is 0 Å². The topological polar surface area (TPSA) is 106 Å². The Kier molecular flexibility index (Phi) is 7.36. The minimum atomic E-state index is -0.0432. The van der Waals surface area contributed by atoms with Gasteiger partial charge in [0, 0.05) is 44.0 Å². The maximum atomic E-state index is 7.86. The Bertz CT molecular complexity index is 1350. The van der Waals surface area contributed by atoms with Crippen molar-refractivity contribution in [1.82, 2.24) is 29.5 Å². The summed E-state index contributed by atoms with van der Waals surface area (Å²) >= 11 is 0. The Morgan fingerprint density at radius 1 is 1.16 bits per heavy atom. The van der Waals surface area contributed by atoms with Gasteiger partial charge in [-0.2, -0.15) is 5.10 Å². The third kappa shape index (κ3) is 5.23. The van der Waals surface area contributed by atoms with Crippen molar-refractivity contribution in [2.45, 2.75) is 59.4 Å². The summed E-state index contributed by atoms with van der Waals surface area (Å²) in [6, 6.07) is 6.91. The van der Waals surface area contributed by atoms with Gasteiger partial charge in [-0.25, -0.2) is 9.98 Å². The van der Waals surface area contributed by atoms with E-state index in [1.165, 1.54) is 0 Å². The zero-order chi connectivity index (χ0) is 27.0. The predicted octanol–water partition coefficient (Wildman–Crippen LogP) is 3.87. The molecule has 38 heavy (non-hydrogen) atoms. The van der Waals surface area contributed by atoms with E-state index in [0.717, 1.165) is 52.7 Å². The molecule has 3 aromatic rings. The molecule has 202 valence electrons. The number of hydrogen-bond acceptors (Lipinski definition) is 6. The molecule has 0 radical (unpaired) electrons. The summed E-state index contributed by atoms with van der Waals surface area (Å²) in [6.45, 7) is 13.9. The summed E-state index contributed by atoms with van der Waals surface area (Å²) < 4.78 is 16.5. The van der Waals surface area contributed by atoms with Crippen molar-refractivity contribution in [2.75, 3.05) is 26.3 Å². The van der Waals surface area contributed by atoms with Gasteiger partial charge in [-0.05, 0) is 52.3 Å². The minimum Gasteiger partial charge on any atom is -0.491 e. The monoisotopic (exact) mass is 518 g/mol. The van der Waals surface area contributed by atoms with E-state index in [9.17, 15) is 0 Å². The Hall–Kier alpha value is -3.50. The van der Waals surface area contributed by atoms with Crippen molar-refractivity contribution < 1.29 is 9.47 Å². The quantitative estimate of drug-likeness (QED) is 0.392. The molecule has 5 rings (SSSR count). The fraction of sp³-hybridized carbons (Fsp3) is 0.500. The molecule has 1 unspecified atom stereocenters. The van der Waals surface area contributed by atoms with Crippen LogP contribution in [0.1, 0.15) is 52.1 Å². The van der Waals surface area contributed by atoms with Gasteiger partial charge in [0.2, 0.25) is 0 Å². The number of morpholine rings is 1. The molecular weight excluding hydrogens is 480 g/mol. The number of ether oxygens (including phenoxy) is 2. The van der Waals surface area contributed by atoms with Gasteiger partial charge >= 0.3 is 0 Å². The molecule has 2 aromatic heterocycles. The number of amidine groups is 2. The van der Waals surface area contributed by atoms with E-state index < -0.39 is 0 Å². The number of nitrogens with zero attached hydrogens (tertiary/aromatic N) is 6. The summed E-state index contributed by atoms with van der Waals surface area (Å²) in [5.74, 6) is 2.46. The first-order chi connectivity index (χ1) is 18.2. The van der Waals surface area contributed by atoms with E-state index in [0.29, 0.717) is 31.6 Å². The van der Waals surface area contributed by atoms with Crippen molar-refractivity contribution in [3.05, 3.63) is 42.0 Å². The highest BCUT2D eigenvalue weighted by molar-refractivity contribution is 6.04. The lowest BCUT2D eigenvalue weighted by molar-refractivity contribution is -0.0434. The van der Waals surface area contributed by atoms with E-state index in [2.05, 4.69) is 56.9 Å². The van der Waals surface area contributed by atoms with Crippen molar-refractivity contribution in [1.29, 1.82) is 5.41 Å². The Balaban J connectivity index is 1.50. The molecule has 0 aliphatic carbocycles. The summed E-state index contributed by atoms with van der Waals surface area (Å²) in [5, 5.41) is 15.8. The minimum absolute atomic E-state index is 0.0432. The number of aryl methyl sites for hydroxylation is 1. The highest BCUT2D eigenvalue weighted by atomic mass is 16.5. The lowest BCUT2D eigenvalue weighted by atomic mass is 10.00. The van der Waals surface area contributed by atoms with Gasteiger partial charge in [0.25, 0.3) is 0 Å². The van der Waals surface area contributed by atoms with Crippen LogP contribution >= 0.6 is 0 Å². The van der Waals surface area contributed by atoms with Crippen molar-refractivity contribution in [3.8, 4) is 28.3 Å². The molecule has 1 atom stereocenters. The lowest BCUT2D eigenvalue weighted by Gasteiger charge is -2.35. The van der Waals surface area contributed by atoms with E-state index >= 15 is 0 Å². The van der Waals surface area contributed by atoms with Gasteiger partial charge < -0.3 is 19.4 Å². The SMILES string of the molecule is CC(=N)/N=C(\NC(C)C)c1cn2c(n1)-c1ccc(-c3cnn(C)c3C3CN(C(C)C)CCO3)cc1OCC2. The highest BCUT2D eigenvalue weighted by Crippen LogP contribution is 2.38. The Labute approximate surface area is 224 Å². The number of fused-ring (bicyclic) bond motifs is 3. The van der Waals surface area contributed by atoms with E-state index in [1.807, 2.05) is 38.0 Å². The van der Waals surface area contributed by atoms with Gasteiger partial charge in [-0.1, -0.05) is 6.07 Å². The van der Waals surface area contributed by atoms with Crippen LogP contribution in [0.5, 0.6) is 5.75 Å². The zero-order valence-electron chi connectivity index (χ0n) is 23.2. The maximum Gasteiger partial charge on any atom is 0.155 e. The second kappa shape index (κ2) is 10.7. The standard InChI is InChI=1S/C28H38N8O2/c1-17(2)31-27(32-19(5)29)23-15-36-10-12-37-24-13-20(7-8-21(24)28(36)33-23)22-14-30-34(6)26(22)25-16-35(18(3)4)9-11-38-25/h7-8,13-15,17-18,25H,9-12,16H2,1-6H3,(H2,29,31,32). The molecule has 0 saturated carbocycles. The molecule has 4 heterocycles. The van der Waals surface area contributed by atoms with Gasteiger partial charge in [0.05, 0.1) is 30.6 Å². The van der Waals surface area contributed by atoms with Crippen LogP contribution in [-0.4, -0.2) is 74.3 Å². The van der Waals surface area contributed by atoms with Gasteiger partial charge in [0.15, 0.2) is 5.84 Å². The molecule has 2 aliphatic heterocycles. The average molecular weight is 519 g/mol. The van der Waals surface area contributed by atoms with Crippen LogP contribution in [-0.2, 0) is 18.3 Å². The largest absolute Gasteiger partial charge is 0.491 e. The van der Waals surface area contributed by atoms with Crippen LogP contribution in [0.15, 0.2) is 35.6 Å². The molecule has 1 fully saturated rings. The first-order valence-electron chi connectivity index (χ1n) is 13.3. The van der Waals surface area contributed by atoms with Crippen LogP contribution in [0.4, 0.5) is 0 Å². The summed E-state index contributed by atoms with van der Waals surface area (Å²) in [4.78, 5) is 11.8. The lowest BCUT2D eigenvalue weighted by Crippen LogP contribution is -2.42. The van der Waals surface area contributed by atoms with E-state index in [1.54, 1.807) is 6.92 Å². The van der Waals surface area contributed by atoms with Crippen molar-refractivity contribution in [2.24, 2.45) is 12.0 Å². The second-order valence-corrected chi connectivity index (χ2v) is 10.6. The smallest absolute Gasteiger partial charge is 0.155 e.